The van der Waals surface area contributed by atoms with Crippen LogP contribution in [0.4, 0.5) is 0 Å². The molecule has 0 bridgehead atoms. The Morgan fingerprint density at radius 3 is 2.00 bits per heavy atom. The molecular weight excluding hydrogens is 420 g/mol. The molecule has 1 amide bonds. The average Bonchev–Trinajstić information content (AvgIpc) is 2.88. The molecule has 4 rings (SSSR count). The van der Waals surface area contributed by atoms with Crippen LogP contribution >= 0.6 is 0 Å². The van der Waals surface area contributed by atoms with E-state index in [0.717, 1.165) is 30.8 Å². The minimum Gasteiger partial charge on any atom is -0.496 e. The minimum absolute atomic E-state index is 0.0248. The molecule has 3 aromatic rings. The van der Waals surface area contributed by atoms with Gasteiger partial charge in [0.2, 0.25) is 5.75 Å². The third-order valence-corrected chi connectivity index (χ3v) is 6.30. The van der Waals surface area contributed by atoms with Gasteiger partial charge >= 0.3 is 0 Å². The first-order valence-electron chi connectivity index (χ1n) is 11.1. The van der Waals surface area contributed by atoms with Gasteiger partial charge in [-0.15, -0.1) is 0 Å². The standard InChI is InChI=1S/C26H30N2O5/c1-30-22-10-9-18(20-7-5-6-8-21(20)22)17-27-11-13-28(14-12-27)26(29)19-15-23(31-2)25(33-4)24(16-19)32-3/h5-10,15-16H,11-14,17H2,1-4H3/p+1. The van der Waals surface area contributed by atoms with E-state index in [1.54, 1.807) is 40.6 Å². The van der Waals surface area contributed by atoms with Crippen LogP contribution in [0, 0.1) is 0 Å². The topological polar surface area (TPSA) is 61.7 Å². The molecule has 0 atom stereocenters. The third-order valence-electron chi connectivity index (χ3n) is 6.30. The van der Waals surface area contributed by atoms with Crippen LogP contribution in [-0.4, -0.2) is 65.4 Å². The highest BCUT2D eigenvalue weighted by Gasteiger charge is 2.27. The van der Waals surface area contributed by atoms with Gasteiger partial charge in [-0.05, 0) is 29.7 Å². The van der Waals surface area contributed by atoms with Gasteiger partial charge in [0, 0.05) is 16.5 Å². The van der Waals surface area contributed by atoms with Crippen molar-refractivity contribution in [3.63, 3.8) is 0 Å². The van der Waals surface area contributed by atoms with E-state index in [-0.39, 0.29) is 5.91 Å². The number of quaternary nitrogens is 1. The van der Waals surface area contributed by atoms with Crippen LogP contribution in [0.2, 0.25) is 0 Å². The van der Waals surface area contributed by atoms with Crippen molar-refractivity contribution in [1.82, 2.24) is 4.90 Å². The second kappa shape index (κ2) is 10.0. The summed E-state index contributed by atoms with van der Waals surface area (Å²) in [6.07, 6.45) is 0. The Balaban J connectivity index is 1.46. The van der Waals surface area contributed by atoms with E-state index < -0.39 is 0 Å². The maximum absolute atomic E-state index is 13.2. The van der Waals surface area contributed by atoms with Gasteiger partial charge < -0.3 is 28.7 Å². The number of nitrogens with zero attached hydrogens (tertiary/aromatic N) is 1. The van der Waals surface area contributed by atoms with Gasteiger partial charge in [-0.2, -0.15) is 0 Å². The number of fused-ring (bicyclic) bond motifs is 1. The van der Waals surface area contributed by atoms with E-state index >= 15 is 0 Å². The van der Waals surface area contributed by atoms with Crippen molar-refractivity contribution >= 4 is 16.7 Å². The lowest BCUT2D eigenvalue weighted by Gasteiger charge is -2.32. The summed E-state index contributed by atoms with van der Waals surface area (Å²) in [6.45, 7) is 4.07. The Morgan fingerprint density at radius 1 is 0.818 bits per heavy atom. The maximum atomic E-state index is 13.2. The Hall–Kier alpha value is -3.45. The molecule has 1 aliphatic heterocycles. The first-order valence-corrected chi connectivity index (χ1v) is 11.1. The molecular formula is C26H31N2O5+. The van der Waals surface area contributed by atoms with Crippen molar-refractivity contribution < 1.29 is 28.6 Å². The zero-order chi connectivity index (χ0) is 23.4. The van der Waals surface area contributed by atoms with E-state index in [4.69, 9.17) is 18.9 Å². The van der Waals surface area contributed by atoms with Crippen LogP contribution in [0.3, 0.4) is 0 Å². The van der Waals surface area contributed by atoms with E-state index in [2.05, 4.69) is 24.3 Å². The first kappa shape index (κ1) is 22.7. The summed E-state index contributed by atoms with van der Waals surface area (Å²) in [5.74, 6) is 2.32. The number of nitrogens with one attached hydrogen (secondary N) is 1. The number of piperazine rings is 1. The molecule has 7 heteroatoms. The van der Waals surface area contributed by atoms with E-state index in [0.29, 0.717) is 35.9 Å². The third kappa shape index (κ3) is 4.54. The van der Waals surface area contributed by atoms with Crippen molar-refractivity contribution in [2.45, 2.75) is 6.54 Å². The molecule has 0 unspecified atom stereocenters. The highest BCUT2D eigenvalue weighted by Crippen LogP contribution is 2.38. The lowest BCUT2D eigenvalue weighted by molar-refractivity contribution is -0.917. The van der Waals surface area contributed by atoms with Gasteiger partial charge in [0.15, 0.2) is 11.5 Å². The zero-order valence-electron chi connectivity index (χ0n) is 19.6. The lowest BCUT2D eigenvalue weighted by Crippen LogP contribution is -3.13. The monoisotopic (exact) mass is 451 g/mol. The fourth-order valence-electron chi connectivity index (χ4n) is 4.53. The molecule has 1 fully saturated rings. The molecule has 1 aliphatic rings. The van der Waals surface area contributed by atoms with Gasteiger partial charge in [0.05, 0.1) is 54.6 Å². The summed E-state index contributed by atoms with van der Waals surface area (Å²) in [5.41, 5.74) is 1.83. The fraction of sp³-hybridized carbons (Fsp3) is 0.346. The first-order chi connectivity index (χ1) is 16.1. The number of benzene rings is 3. The fourth-order valence-corrected chi connectivity index (χ4v) is 4.53. The number of carbonyl (C=O) groups excluding carboxylic acids is 1. The number of ether oxygens (including phenoxy) is 4. The summed E-state index contributed by atoms with van der Waals surface area (Å²) in [6, 6.07) is 16.0. The summed E-state index contributed by atoms with van der Waals surface area (Å²) < 4.78 is 21.7. The highest BCUT2D eigenvalue weighted by molar-refractivity contribution is 5.95. The summed E-state index contributed by atoms with van der Waals surface area (Å²) in [5, 5.41) is 2.35. The Kier molecular flexibility index (Phi) is 6.89. The molecule has 0 aliphatic carbocycles. The molecule has 33 heavy (non-hydrogen) atoms. The van der Waals surface area contributed by atoms with Crippen LogP contribution < -0.4 is 23.8 Å². The van der Waals surface area contributed by atoms with Crippen molar-refractivity contribution in [3.05, 3.63) is 59.7 Å². The zero-order valence-corrected chi connectivity index (χ0v) is 19.6. The number of hydrogen-bond acceptors (Lipinski definition) is 5. The van der Waals surface area contributed by atoms with Crippen LogP contribution in [0.15, 0.2) is 48.5 Å². The summed E-state index contributed by atoms with van der Waals surface area (Å²) >= 11 is 0. The average molecular weight is 452 g/mol. The molecule has 1 heterocycles. The van der Waals surface area contributed by atoms with Gasteiger partial charge in [0.1, 0.15) is 12.3 Å². The number of amides is 1. The Bertz CT molecular complexity index is 1110. The van der Waals surface area contributed by atoms with Crippen LogP contribution in [0.5, 0.6) is 23.0 Å². The molecule has 174 valence electrons. The SMILES string of the molecule is COc1cc(C(=O)N2CC[NH+](Cc3ccc(OC)c4ccccc34)CC2)cc(OC)c1OC. The quantitative estimate of drug-likeness (QED) is 0.598. The van der Waals surface area contributed by atoms with E-state index in [1.807, 2.05) is 17.0 Å². The van der Waals surface area contributed by atoms with Gasteiger partial charge in [0.25, 0.3) is 5.91 Å². The molecule has 1 N–H and O–H groups in total. The van der Waals surface area contributed by atoms with Crippen molar-refractivity contribution in [2.75, 3.05) is 54.6 Å². The van der Waals surface area contributed by atoms with Crippen molar-refractivity contribution in [3.8, 4) is 23.0 Å². The largest absolute Gasteiger partial charge is 0.496 e. The summed E-state index contributed by atoms with van der Waals surface area (Å²) in [4.78, 5) is 16.6. The number of rotatable bonds is 7. The Labute approximate surface area is 194 Å². The molecule has 3 aromatic carbocycles. The molecule has 7 nitrogen and oxygen atoms in total. The molecule has 0 radical (unpaired) electrons. The normalized spacial score (nSPS) is 14.2. The number of carbonyl (C=O) groups is 1. The predicted molar refractivity (Wildman–Crippen MR) is 127 cm³/mol. The predicted octanol–water partition coefficient (Wildman–Crippen LogP) is 2.42. The van der Waals surface area contributed by atoms with Crippen molar-refractivity contribution in [2.24, 2.45) is 0 Å². The van der Waals surface area contributed by atoms with Crippen LogP contribution in [-0.2, 0) is 6.54 Å². The van der Waals surface area contributed by atoms with E-state index in [9.17, 15) is 4.79 Å². The smallest absolute Gasteiger partial charge is 0.254 e. The van der Waals surface area contributed by atoms with Gasteiger partial charge in [-0.3, -0.25) is 4.79 Å². The lowest BCUT2D eigenvalue weighted by atomic mass is 10.0. The Morgan fingerprint density at radius 2 is 1.42 bits per heavy atom. The summed E-state index contributed by atoms with van der Waals surface area (Å²) in [7, 11) is 6.36. The van der Waals surface area contributed by atoms with Crippen molar-refractivity contribution in [1.29, 1.82) is 0 Å². The maximum Gasteiger partial charge on any atom is 0.254 e. The van der Waals surface area contributed by atoms with E-state index in [1.165, 1.54) is 15.8 Å². The second-order valence-electron chi connectivity index (χ2n) is 8.11. The van der Waals surface area contributed by atoms with Gasteiger partial charge in [-0.25, -0.2) is 0 Å². The van der Waals surface area contributed by atoms with Crippen LogP contribution in [0.1, 0.15) is 15.9 Å². The number of methoxy groups -OCH3 is 4. The second-order valence-corrected chi connectivity index (χ2v) is 8.11. The molecule has 1 saturated heterocycles. The molecule has 0 aromatic heterocycles. The number of hydrogen-bond donors (Lipinski definition) is 1. The van der Waals surface area contributed by atoms with Gasteiger partial charge in [-0.1, -0.05) is 24.3 Å². The minimum atomic E-state index is -0.0248. The molecule has 0 spiro atoms. The molecule has 0 saturated carbocycles. The highest BCUT2D eigenvalue weighted by atomic mass is 16.5. The van der Waals surface area contributed by atoms with Crippen LogP contribution in [0.25, 0.3) is 10.8 Å².